The summed E-state index contributed by atoms with van der Waals surface area (Å²) in [5.74, 6) is 0.947. The number of pyridine rings is 1. The van der Waals surface area contributed by atoms with Gasteiger partial charge in [0.05, 0.1) is 12.0 Å². The van der Waals surface area contributed by atoms with Gasteiger partial charge in [-0.25, -0.2) is 4.98 Å². The van der Waals surface area contributed by atoms with Crippen LogP contribution in [-0.4, -0.2) is 39.6 Å². The van der Waals surface area contributed by atoms with E-state index >= 15 is 0 Å². The number of aromatic nitrogens is 3. The second kappa shape index (κ2) is 7.67. The number of hydrogen-bond donors (Lipinski definition) is 1. The van der Waals surface area contributed by atoms with E-state index in [1.54, 1.807) is 12.5 Å². The van der Waals surface area contributed by atoms with Gasteiger partial charge in [-0.2, -0.15) is 0 Å². The van der Waals surface area contributed by atoms with Crippen molar-refractivity contribution in [3.05, 3.63) is 66.8 Å². The van der Waals surface area contributed by atoms with Crippen molar-refractivity contribution in [2.75, 3.05) is 18.0 Å². The van der Waals surface area contributed by atoms with E-state index in [0.29, 0.717) is 5.56 Å². The van der Waals surface area contributed by atoms with Crippen LogP contribution in [0.2, 0.25) is 0 Å². The Morgan fingerprint density at radius 3 is 2.60 bits per heavy atom. The fourth-order valence-corrected chi connectivity index (χ4v) is 4.06. The molecule has 152 valence electrons. The molecule has 0 saturated carbocycles. The molecule has 1 aromatic carbocycles. The summed E-state index contributed by atoms with van der Waals surface area (Å²) in [4.78, 5) is 23.9. The lowest BCUT2D eigenvalue weighted by Gasteiger charge is -2.33. The predicted octanol–water partition coefficient (Wildman–Crippen LogP) is 3.63. The molecule has 0 atom stereocenters. The molecule has 7 heteroatoms. The van der Waals surface area contributed by atoms with Gasteiger partial charge in [0, 0.05) is 61.3 Å². The Labute approximate surface area is 174 Å². The Bertz CT molecular complexity index is 1170. The summed E-state index contributed by atoms with van der Waals surface area (Å²) in [6.07, 6.45) is 8.98. The normalized spacial score (nSPS) is 14.9. The van der Waals surface area contributed by atoms with Gasteiger partial charge in [0.15, 0.2) is 0 Å². The largest absolute Gasteiger partial charge is 0.464 e. The molecule has 1 N–H and O–H groups in total. The highest BCUT2D eigenvalue weighted by Gasteiger charge is 2.23. The van der Waals surface area contributed by atoms with Crippen LogP contribution in [0.1, 0.15) is 23.2 Å². The number of imidazole rings is 1. The summed E-state index contributed by atoms with van der Waals surface area (Å²) in [5.41, 5.74) is 3.28. The fraction of sp³-hybridized carbons (Fsp3) is 0.261. The summed E-state index contributed by atoms with van der Waals surface area (Å²) in [7, 11) is 2.00. The average molecular weight is 401 g/mol. The fourth-order valence-electron chi connectivity index (χ4n) is 4.06. The maximum atomic E-state index is 12.7. The first-order valence-electron chi connectivity index (χ1n) is 10.1. The Morgan fingerprint density at radius 1 is 1.07 bits per heavy atom. The van der Waals surface area contributed by atoms with Gasteiger partial charge in [-0.3, -0.25) is 9.78 Å². The SMILES string of the molecule is Cn1ccnc1N1CCC(NC(=O)c2ccc(-c3nccc4occc34)cc2)CC1. The van der Waals surface area contributed by atoms with E-state index in [9.17, 15) is 4.79 Å². The molecule has 1 amide bonds. The van der Waals surface area contributed by atoms with E-state index in [1.165, 1.54) is 0 Å². The van der Waals surface area contributed by atoms with Gasteiger partial charge in [0.1, 0.15) is 5.58 Å². The van der Waals surface area contributed by atoms with E-state index in [0.717, 1.165) is 54.1 Å². The van der Waals surface area contributed by atoms with Crippen molar-refractivity contribution in [3.63, 3.8) is 0 Å². The molecule has 5 rings (SSSR count). The molecular formula is C23H23N5O2. The van der Waals surface area contributed by atoms with Gasteiger partial charge < -0.3 is 19.2 Å². The maximum absolute atomic E-state index is 12.7. The summed E-state index contributed by atoms with van der Waals surface area (Å²) < 4.78 is 7.48. The molecule has 4 heterocycles. The number of carbonyl (C=O) groups is 1. The molecule has 1 aliphatic rings. The molecule has 1 fully saturated rings. The molecule has 0 radical (unpaired) electrons. The molecule has 0 bridgehead atoms. The zero-order chi connectivity index (χ0) is 20.5. The van der Waals surface area contributed by atoms with Gasteiger partial charge in [-0.15, -0.1) is 0 Å². The van der Waals surface area contributed by atoms with Gasteiger partial charge >= 0.3 is 0 Å². The lowest BCUT2D eigenvalue weighted by molar-refractivity contribution is 0.0931. The van der Waals surface area contributed by atoms with Crippen molar-refractivity contribution in [2.24, 2.45) is 7.05 Å². The molecule has 4 aromatic rings. The quantitative estimate of drug-likeness (QED) is 0.565. The van der Waals surface area contributed by atoms with Gasteiger partial charge in [0.2, 0.25) is 5.95 Å². The number of anilines is 1. The Kier molecular flexibility index (Phi) is 4.71. The van der Waals surface area contributed by atoms with Gasteiger partial charge in [0.25, 0.3) is 5.91 Å². The topological polar surface area (TPSA) is 76.2 Å². The Balaban J connectivity index is 1.23. The summed E-state index contributed by atoms with van der Waals surface area (Å²) in [6, 6.07) is 11.5. The number of carbonyl (C=O) groups excluding carboxylic acids is 1. The maximum Gasteiger partial charge on any atom is 0.251 e. The number of rotatable bonds is 4. The minimum Gasteiger partial charge on any atom is -0.464 e. The zero-order valence-electron chi connectivity index (χ0n) is 16.8. The van der Waals surface area contributed by atoms with Crippen LogP contribution in [0.3, 0.4) is 0 Å². The van der Waals surface area contributed by atoms with Crippen molar-refractivity contribution in [1.82, 2.24) is 19.9 Å². The number of amides is 1. The van der Waals surface area contributed by atoms with E-state index in [-0.39, 0.29) is 11.9 Å². The average Bonchev–Trinajstić information content (AvgIpc) is 3.43. The second-order valence-electron chi connectivity index (χ2n) is 7.64. The van der Waals surface area contributed by atoms with Crippen LogP contribution < -0.4 is 10.2 Å². The highest BCUT2D eigenvalue weighted by Crippen LogP contribution is 2.27. The number of fused-ring (bicyclic) bond motifs is 1. The number of furan rings is 1. The molecule has 3 aromatic heterocycles. The van der Waals surface area contributed by atoms with E-state index in [2.05, 4.69) is 20.2 Å². The Morgan fingerprint density at radius 2 is 1.87 bits per heavy atom. The van der Waals surface area contributed by atoms with Crippen LogP contribution in [0.15, 0.2) is 65.7 Å². The van der Waals surface area contributed by atoms with Crippen molar-refractivity contribution in [2.45, 2.75) is 18.9 Å². The standard InChI is InChI=1S/C23H23N5O2/c1-27-14-11-25-23(27)28-12-7-18(8-13-28)26-22(29)17-4-2-16(3-5-17)21-19-9-15-30-20(19)6-10-24-21/h2-6,9-11,14-15,18H,7-8,12-13H2,1H3,(H,26,29). The third kappa shape index (κ3) is 3.43. The highest BCUT2D eigenvalue weighted by molar-refractivity contribution is 5.96. The van der Waals surface area contributed by atoms with E-state index in [4.69, 9.17) is 4.42 Å². The number of benzene rings is 1. The molecular weight excluding hydrogens is 378 g/mol. The molecule has 0 aliphatic carbocycles. The summed E-state index contributed by atoms with van der Waals surface area (Å²) in [5, 5.41) is 4.14. The van der Waals surface area contributed by atoms with Crippen LogP contribution in [0.5, 0.6) is 0 Å². The Hall–Kier alpha value is -3.61. The summed E-state index contributed by atoms with van der Waals surface area (Å²) in [6.45, 7) is 1.77. The minimum absolute atomic E-state index is 0.0357. The van der Waals surface area contributed by atoms with E-state index in [1.807, 2.05) is 60.4 Å². The lowest BCUT2D eigenvalue weighted by Crippen LogP contribution is -2.45. The first-order chi connectivity index (χ1) is 14.7. The van der Waals surface area contributed by atoms with Gasteiger partial charge in [-0.1, -0.05) is 12.1 Å². The van der Waals surface area contributed by atoms with Crippen molar-refractivity contribution < 1.29 is 9.21 Å². The van der Waals surface area contributed by atoms with Crippen molar-refractivity contribution >= 4 is 22.8 Å². The molecule has 1 aliphatic heterocycles. The number of hydrogen-bond acceptors (Lipinski definition) is 5. The minimum atomic E-state index is -0.0357. The first kappa shape index (κ1) is 18.4. The van der Waals surface area contributed by atoms with Gasteiger partial charge in [-0.05, 0) is 37.1 Å². The molecule has 1 saturated heterocycles. The molecule has 7 nitrogen and oxygen atoms in total. The molecule has 0 unspecified atom stereocenters. The smallest absolute Gasteiger partial charge is 0.251 e. The van der Waals surface area contributed by atoms with E-state index < -0.39 is 0 Å². The monoisotopic (exact) mass is 401 g/mol. The number of piperidine rings is 1. The van der Waals surface area contributed by atoms with Crippen LogP contribution in [0.4, 0.5) is 5.95 Å². The van der Waals surface area contributed by atoms with Crippen molar-refractivity contribution in [1.29, 1.82) is 0 Å². The second-order valence-corrected chi connectivity index (χ2v) is 7.64. The zero-order valence-corrected chi connectivity index (χ0v) is 16.8. The number of nitrogens with one attached hydrogen (secondary N) is 1. The lowest BCUT2D eigenvalue weighted by atomic mass is 10.0. The first-order valence-corrected chi connectivity index (χ1v) is 10.1. The van der Waals surface area contributed by atoms with Crippen LogP contribution >= 0.6 is 0 Å². The molecule has 0 spiro atoms. The predicted molar refractivity (Wildman–Crippen MR) is 115 cm³/mol. The van der Waals surface area contributed by atoms with Crippen LogP contribution in [-0.2, 0) is 7.05 Å². The van der Waals surface area contributed by atoms with Crippen LogP contribution in [0, 0.1) is 0 Å². The summed E-state index contributed by atoms with van der Waals surface area (Å²) >= 11 is 0. The highest BCUT2D eigenvalue weighted by atomic mass is 16.3. The third-order valence-electron chi connectivity index (χ3n) is 5.71. The third-order valence-corrected chi connectivity index (χ3v) is 5.71. The van der Waals surface area contributed by atoms with Crippen molar-refractivity contribution in [3.8, 4) is 11.3 Å². The molecule has 30 heavy (non-hydrogen) atoms. The number of aryl methyl sites for hydroxylation is 1. The number of nitrogens with zero attached hydrogens (tertiary/aromatic N) is 4. The van der Waals surface area contributed by atoms with Crippen LogP contribution in [0.25, 0.3) is 22.2 Å².